The predicted octanol–water partition coefficient (Wildman–Crippen LogP) is 0.801. The van der Waals surface area contributed by atoms with E-state index in [-0.39, 0.29) is 18.6 Å². The fourth-order valence-electron chi connectivity index (χ4n) is 2.16. The van der Waals surface area contributed by atoms with Gasteiger partial charge in [-0.15, -0.1) is 0 Å². The maximum atomic E-state index is 11.5. The highest BCUT2D eigenvalue weighted by Gasteiger charge is 2.14. The van der Waals surface area contributed by atoms with E-state index in [1.54, 1.807) is 0 Å². The quantitative estimate of drug-likeness (QED) is 0.623. The second-order valence-corrected chi connectivity index (χ2v) is 4.86. The SMILES string of the molecule is CC(CN1CCCCC1)NC(=O)NC/C=C/C(=O)O. The van der Waals surface area contributed by atoms with Crippen LogP contribution in [0.15, 0.2) is 12.2 Å². The number of nitrogens with zero attached hydrogens (tertiary/aromatic N) is 1. The maximum Gasteiger partial charge on any atom is 0.328 e. The Morgan fingerprint density at radius 1 is 1.32 bits per heavy atom. The third-order valence-corrected chi connectivity index (χ3v) is 3.00. The second kappa shape index (κ2) is 8.53. The summed E-state index contributed by atoms with van der Waals surface area (Å²) >= 11 is 0. The third-order valence-electron chi connectivity index (χ3n) is 3.00. The Labute approximate surface area is 113 Å². The average Bonchev–Trinajstić information content (AvgIpc) is 2.35. The lowest BCUT2D eigenvalue weighted by Crippen LogP contribution is -2.47. The van der Waals surface area contributed by atoms with Crippen LogP contribution in [-0.4, -0.2) is 54.2 Å². The smallest absolute Gasteiger partial charge is 0.328 e. The second-order valence-electron chi connectivity index (χ2n) is 4.86. The molecule has 1 fully saturated rings. The van der Waals surface area contributed by atoms with Crippen molar-refractivity contribution in [2.45, 2.75) is 32.2 Å². The van der Waals surface area contributed by atoms with Crippen LogP contribution in [0, 0.1) is 0 Å². The van der Waals surface area contributed by atoms with Crippen molar-refractivity contribution in [3.05, 3.63) is 12.2 Å². The van der Waals surface area contributed by atoms with Gasteiger partial charge in [0.2, 0.25) is 0 Å². The first-order valence-electron chi connectivity index (χ1n) is 6.74. The number of carboxylic acid groups (broad SMARTS) is 1. The standard InChI is InChI=1S/C13H23N3O3/c1-11(10-16-8-3-2-4-9-16)15-13(19)14-7-5-6-12(17)18/h5-6,11H,2-4,7-10H2,1H3,(H,17,18)(H2,14,15,19)/b6-5+. The largest absolute Gasteiger partial charge is 0.478 e. The molecule has 3 N–H and O–H groups in total. The molecule has 1 unspecified atom stereocenters. The van der Waals surface area contributed by atoms with Gasteiger partial charge in [-0.2, -0.15) is 0 Å². The van der Waals surface area contributed by atoms with Gasteiger partial charge in [0.15, 0.2) is 0 Å². The molecule has 1 atom stereocenters. The Morgan fingerprint density at radius 2 is 2.00 bits per heavy atom. The van der Waals surface area contributed by atoms with E-state index >= 15 is 0 Å². The zero-order valence-electron chi connectivity index (χ0n) is 11.4. The Kier molecular flexibility index (Phi) is 6.95. The lowest BCUT2D eigenvalue weighted by molar-refractivity contribution is -0.131. The van der Waals surface area contributed by atoms with Gasteiger partial charge in [-0.05, 0) is 32.9 Å². The number of rotatable bonds is 6. The zero-order valence-corrected chi connectivity index (χ0v) is 11.4. The highest BCUT2D eigenvalue weighted by molar-refractivity contribution is 5.80. The summed E-state index contributed by atoms with van der Waals surface area (Å²) in [5.41, 5.74) is 0. The first-order chi connectivity index (χ1) is 9.08. The van der Waals surface area contributed by atoms with Gasteiger partial charge in [0.05, 0.1) is 0 Å². The first-order valence-corrected chi connectivity index (χ1v) is 6.74. The molecular weight excluding hydrogens is 246 g/mol. The van der Waals surface area contributed by atoms with Gasteiger partial charge in [0.25, 0.3) is 0 Å². The van der Waals surface area contributed by atoms with Crippen molar-refractivity contribution >= 4 is 12.0 Å². The predicted molar refractivity (Wildman–Crippen MR) is 73.1 cm³/mol. The number of carbonyl (C=O) groups is 2. The molecule has 0 saturated carbocycles. The highest BCUT2D eigenvalue weighted by atomic mass is 16.4. The summed E-state index contributed by atoms with van der Waals surface area (Å²) in [6.45, 7) is 5.26. The average molecular weight is 269 g/mol. The number of likely N-dealkylation sites (tertiary alicyclic amines) is 1. The topological polar surface area (TPSA) is 81.7 Å². The van der Waals surface area contributed by atoms with Crippen molar-refractivity contribution in [3.63, 3.8) is 0 Å². The summed E-state index contributed by atoms with van der Waals surface area (Å²) in [5, 5.41) is 13.8. The molecule has 1 saturated heterocycles. The molecule has 108 valence electrons. The molecule has 0 aliphatic carbocycles. The normalized spacial score (nSPS) is 18.2. The van der Waals surface area contributed by atoms with Gasteiger partial charge in [-0.1, -0.05) is 12.5 Å². The zero-order chi connectivity index (χ0) is 14.1. The van der Waals surface area contributed by atoms with Crippen molar-refractivity contribution in [3.8, 4) is 0 Å². The molecule has 1 heterocycles. The molecule has 0 radical (unpaired) electrons. The van der Waals surface area contributed by atoms with Crippen LogP contribution in [0.2, 0.25) is 0 Å². The minimum Gasteiger partial charge on any atom is -0.478 e. The van der Waals surface area contributed by atoms with Crippen molar-refractivity contribution in [2.75, 3.05) is 26.2 Å². The van der Waals surface area contributed by atoms with Crippen LogP contribution in [0.1, 0.15) is 26.2 Å². The molecule has 2 amide bonds. The van der Waals surface area contributed by atoms with Crippen LogP contribution in [0.3, 0.4) is 0 Å². The van der Waals surface area contributed by atoms with E-state index in [1.165, 1.54) is 25.3 Å². The van der Waals surface area contributed by atoms with E-state index in [0.717, 1.165) is 25.7 Å². The third kappa shape index (κ3) is 7.46. The van der Waals surface area contributed by atoms with E-state index in [1.807, 2.05) is 6.92 Å². The molecule has 0 aromatic heterocycles. The molecular formula is C13H23N3O3. The minimum absolute atomic E-state index is 0.0848. The van der Waals surface area contributed by atoms with Gasteiger partial charge in [-0.25, -0.2) is 9.59 Å². The fourth-order valence-corrected chi connectivity index (χ4v) is 2.16. The lowest BCUT2D eigenvalue weighted by atomic mass is 10.1. The van der Waals surface area contributed by atoms with Crippen LogP contribution >= 0.6 is 0 Å². The first kappa shape index (κ1) is 15.5. The monoisotopic (exact) mass is 269 g/mol. The molecule has 1 aliphatic heterocycles. The molecule has 0 bridgehead atoms. The Hall–Kier alpha value is -1.56. The van der Waals surface area contributed by atoms with E-state index in [0.29, 0.717) is 0 Å². The number of aliphatic carboxylic acids is 1. The van der Waals surface area contributed by atoms with Crippen molar-refractivity contribution in [1.29, 1.82) is 0 Å². The highest BCUT2D eigenvalue weighted by Crippen LogP contribution is 2.08. The summed E-state index contributed by atoms with van der Waals surface area (Å²) in [4.78, 5) is 24.1. The summed E-state index contributed by atoms with van der Waals surface area (Å²) < 4.78 is 0. The Balaban J connectivity index is 2.14. The molecule has 0 aromatic carbocycles. The summed E-state index contributed by atoms with van der Waals surface area (Å²) in [6, 6.07) is -0.180. The number of carboxylic acids is 1. The van der Waals surface area contributed by atoms with E-state index in [2.05, 4.69) is 15.5 Å². The van der Waals surface area contributed by atoms with Crippen LogP contribution in [0.25, 0.3) is 0 Å². The molecule has 6 heteroatoms. The number of piperidine rings is 1. The molecule has 6 nitrogen and oxygen atoms in total. The molecule has 19 heavy (non-hydrogen) atoms. The van der Waals surface area contributed by atoms with Gasteiger partial charge in [-0.3, -0.25) is 0 Å². The van der Waals surface area contributed by atoms with Crippen molar-refractivity contribution in [1.82, 2.24) is 15.5 Å². The summed E-state index contributed by atoms with van der Waals surface area (Å²) in [5.74, 6) is -1.01. The molecule has 1 aliphatic rings. The van der Waals surface area contributed by atoms with Crippen LogP contribution in [0.5, 0.6) is 0 Å². The van der Waals surface area contributed by atoms with Gasteiger partial charge < -0.3 is 20.6 Å². The fraction of sp³-hybridized carbons (Fsp3) is 0.692. The number of urea groups is 1. The van der Waals surface area contributed by atoms with Crippen LogP contribution < -0.4 is 10.6 Å². The summed E-state index contributed by atoms with van der Waals surface area (Å²) in [7, 11) is 0. The number of carbonyl (C=O) groups excluding carboxylic acids is 1. The molecule has 1 rings (SSSR count). The van der Waals surface area contributed by atoms with Crippen molar-refractivity contribution in [2.24, 2.45) is 0 Å². The van der Waals surface area contributed by atoms with E-state index < -0.39 is 5.97 Å². The molecule has 0 spiro atoms. The van der Waals surface area contributed by atoms with Crippen LogP contribution in [0.4, 0.5) is 4.79 Å². The van der Waals surface area contributed by atoms with Gasteiger partial charge in [0, 0.05) is 25.2 Å². The van der Waals surface area contributed by atoms with Crippen LogP contribution in [-0.2, 0) is 4.79 Å². The Morgan fingerprint density at radius 3 is 2.63 bits per heavy atom. The van der Waals surface area contributed by atoms with Gasteiger partial charge in [0.1, 0.15) is 0 Å². The Bertz CT molecular complexity index is 325. The van der Waals surface area contributed by atoms with E-state index in [4.69, 9.17) is 5.11 Å². The van der Waals surface area contributed by atoms with E-state index in [9.17, 15) is 9.59 Å². The van der Waals surface area contributed by atoms with Gasteiger partial charge >= 0.3 is 12.0 Å². The number of hydrogen-bond donors (Lipinski definition) is 3. The maximum absolute atomic E-state index is 11.5. The van der Waals surface area contributed by atoms with Crippen molar-refractivity contribution < 1.29 is 14.7 Å². The number of nitrogens with one attached hydrogen (secondary N) is 2. The number of amides is 2. The minimum atomic E-state index is -1.01. The number of hydrogen-bond acceptors (Lipinski definition) is 3. The molecule has 0 aromatic rings. The summed E-state index contributed by atoms with van der Waals surface area (Å²) in [6.07, 6.45) is 6.18. The lowest BCUT2D eigenvalue weighted by Gasteiger charge is -2.29.